The number of ether oxygens (including phenoxy) is 2. The first kappa shape index (κ1) is 20.2. The molecule has 0 aliphatic carbocycles. The summed E-state index contributed by atoms with van der Waals surface area (Å²) in [6, 6.07) is 17.1. The molecule has 2 saturated heterocycles. The third-order valence-corrected chi connectivity index (χ3v) is 7.62. The minimum atomic E-state index is -1.15. The molecule has 2 aliphatic rings. The maximum Gasteiger partial charge on any atom is 0.125 e. The van der Waals surface area contributed by atoms with Crippen LogP contribution in [0.15, 0.2) is 48.5 Å². The standard InChI is InChI=1S/C25H34NO3/c1-26(2)19-13-14-20(26)16-18(15-19)17-25(27,21-9-5-7-11-23(21)28-3)22-10-6-8-12-24(22)29-4/h5-12,18-20,27H,13-17H2,1-4H3/q+1/t18?,19-,20+. The molecule has 4 nitrogen and oxygen atoms in total. The van der Waals surface area contributed by atoms with Gasteiger partial charge in [-0.2, -0.15) is 0 Å². The van der Waals surface area contributed by atoms with E-state index >= 15 is 0 Å². The number of para-hydroxylation sites is 2. The molecule has 3 atom stereocenters. The van der Waals surface area contributed by atoms with Crippen LogP contribution in [0.2, 0.25) is 0 Å². The summed E-state index contributed by atoms with van der Waals surface area (Å²) in [5.74, 6) is 1.91. The van der Waals surface area contributed by atoms with Crippen LogP contribution in [-0.2, 0) is 5.60 Å². The van der Waals surface area contributed by atoms with Gasteiger partial charge in [0, 0.05) is 36.8 Å². The molecule has 4 heteroatoms. The summed E-state index contributed by atoms with van der Waals surface area (Å²) >= 11 is 0. The van der Waals surface area contributed by atoms with Gasteiger partial charge in [0.05, 0.1) is 40.4 Å². The molecule has 4 rings (SSSR count). The molecule has 29 heavy (non-hydrogen) atoms. The van der Waals surface area contributed by atoms with E-state index in [9.17, 15) is 5.11 Å². The summed E-state index contributed by atoms with van der Waals surface area (Å²) in [5.41, 5.74) is 0.481. The molecule has 0 radical (unpaired) electrons. The van der Waals surface area contributed by atoms with Gasteiger partial charge in [-0.1, -0.05) is 36.4 Å². The van der Waals surface area contributed by atoms with Crippen LogP contribution in [0.4, 0.5) is 0 Å². The molecule has 0 amide bonds. The molecule has 156 valence electrons. The van der Waals surface area contributed by atoms with Crippen molar-refractivity contribution in [1.82, 2.24) is 0 Å². The van der Waals surface area contributed by atoms with Crippen molar-refractivity contribution in [3.63, 3.8) is 0 Å². The Balaban J connectivity index is 1.76. The van der Waals surface area contributed by atoms with E-state index in [0.29, 0.717) is 24.4 Å². The summed E-state index contributed by atoms with van der Waals surface area (Å²) in [4.78, 5) is 0. The summed E-state index contributed by atoms with van der Waals surface area (Å²) < 4.78 is 12.5. The van der Waals surface area contributed by atoms with E-state index in [2.05, 4.69) is 14.1 Å². The highest BCUT2D eigenvalue weighted by Crippen LogP contribution is 2.49. The quantitative estimate of drug-likeness (QED) is 0.738. The Bertz CT molecular complexity index is 799. The van der Waals surface area contributed by atoms with Crippen LogP contribution in [0.5, 0.6) is 11.5 Å². The predicted octanol–water partition coefficient (Wildman–Crippen LogP) is 4.35. The van der Waals surface area contributed by atoms with Crippen LogP contribution in [0.3, 0.4) is 0 Å². The maximum atomic E-state index is 12.3. The molecule has 2 aliphatic heterocycles. The SMILES string of the molecule is COc1ccccc1C(O)(CC1C[C@H]2CC[C@@H](C1)[N+]2(C)C)c1ccccc1OC. The average Bonchev–Trinajstić information content (AvgIpc) is 2.89. The molecule has 2 bridgehead atoms. The number of hydrogen-bond donors (Lipinski definition) is 1. The Morgan fingerprint density at radius 1 is 0.862 bits per heavy atom. The van der Waals surface area contributed by atoms with Gasteiger partial charge in [0.2, 0.25) is 0 Å². The Morgan fingerprint density at radius 2 is 1.31 bits per heavy atom. The lowest BCUT2D eigenvalue weighted by Crippen LogP contribution is -2.55. The highest BCUT2D eigenvalue weighted by molar-refractivity contribution is 5.49. The largest absolute Gasteiger partial charge is 0.496 e. The lowest BCUT2D eigenvalue weighted by molar-refractivity contribution is -0.931. The second-order valence-electron chi connectivity index (χ2n) is 9.32. The van der Waals surface area contributed by atoms with E-state index in [1.54, 1.807) is 14.2 Å². The molecule has 2 aromatic carbocycles. The fraction of sp³-hybridized carbons (Fsp3) is 0.520. The highest BCUT2D eigenvalue weighted by atomic mass is 16.5. The van der Waals surface area contributed by atoms with Crippen LogP contribution >= 0.6 is 0 Å². The zero-order chi connectivity index (χ0) is 20.6. The molecule has 0 aromatic heterocycles. The van der Waals surface area contributed by atoms with E-state index in [1.807, 2.05) is 48.5 Å². The zero-order valence-electron chi connectivity index (χ0n) is 18.1. The molecular weight excluding hydrogens is 362 g/mol. The van der Waals surface area contributed by atoms with Gasteiger partial charge in [-0.25, -0.2) is 0 Å². The van der Waals surface area contributed by atoms with E-state index < -0.39 is 5.60 Å². The average molecular weight is 397 g/mol. The minimum absolute atomic E-state index is 0.471. The van der Waals surface area contributed by atoms with Gasteiger partial charge in [0.25, 0.3) is 0 Å². The number of methoxy groups -OCH3 is 2. The van der Waals surface area contributed by atoms with Gasteiger partial charge in [-0.05, 0) is 24.5 Å². The Labute approximate surface area is 174 Å². The van der Waals surface area contributed by atoms with Crippen molar-refractivity contribution in [2.24, 2.45) is 5.92 Å². The first-order chi connectivity index (χ1) is 13.9. The van der Waals surface area contributed by atoms with Crippen LogP contribution in [0.1, 0.15) is 43.2 Å². The summed E-state index contributed by atoms with van der Waals surface area (Å²) in [7, 11) is 8.10. The van der Waals surface area contributed by atoms with Gasteiger partial charge in [0.1, 0.15) is 17.1 Å². The summed E-state index contributed by atoms with van der Waals surface area (Å²) in [5, 5.41) is 12.3. The normalized spacial score (nSPS) is 25.6. The third-order valence-electron chi connectivity index (χ3n) is 7.62. The fourth-order valence-corrected chi connectivity index (χ4v) is 5.92. The Morgan fingerprint density at radius 3 is 1.76 bits per heavy atom. The molecule has 0 saturated carbocycles. The fourth-order valence-electron chi connectivity index (χ4n) is 5.92. The smallest absolute Gasteiger partial charge is 0.125 e. The van der Waals surface area contributed by atoms with Gasteiger partial charge in [-0.15, -0.1) is 0 Å². The Kier molecular flexibility index (Phi) is 5.34. The van der Waals surface area contributed by atoms with Crippen molar-refractivity contribution in [2.45, 2.75) is 49.8 Å². The second kappa shape index (κ2) is 7.66. The minimum Gasteiger partial charge on any atom is -0.496 e. The number of benzene rings is 2. The number of fused-ring (bicyclic) bond motifs is 2. The molecule has 2 aromatic rings. The van der Waals surface area contributed by atoms with E-state index in [0.717, 1.165) is 40.0 Å². The molecular formula is C25H34NO3+. The second-order valence-corrected chi connectivity index (χ2v) is 9.32. The number of aliphatic hydroxyl groups is 1. The maximum absolute atomic E-state index is 12.3. The van der Waals surface area contributed by atoms with Crippen LogP contribution in [0, 0.1) is 5.92 Å². The number of nitrogens with zero attached hydrogens (tertiary/aromatic N) is 1. The highest BCUT2D eigenvalue weighted by Gasteiger charge is 2.51. The van der Waals surface area contributed by atoms with Gasteiger partial charge < -0.3 is 19.1 Å². The first-order valence-electron chi connectivity index (χ1n) is 10.7. The lowest BCUT2D eigenvalue weighted by Gasteiger charge is -2.46. The van der Waals surface area contributed by atoms with Crippen molar-refractivity contribution in [2.75, 3.05) is 28.3 Å². The van der Waals surface area contributed by atoms with E-state index in [4.69, 9.17) is 9.47 Å². The van der Waals surface area contributed by atoms with Gasteiger partial charge in [0.15, 0.2) is 0 Å². The monoisotopic (exact) mass is 396 g/mol. The van der Waals surface area contributed by atoms with Gasteiger partial charge in [-0.3, -0.25) is 0 Å². The molecule has 0 spiro atoms. The van der Waals surface area contributed by atoms with Crippen molar-refractivity contribution >= 4 is 0 Å². The van der Waals surface area contributed by atoms with E-state index in [1.165, 1.54) is 12.8 Å². The molecule has 2 heterocycles. The summed E-state index contributed by atoms with van der Waals surface area (Å²) in [6.45, 7) is 0. The van der Waals surface area contributed by atoms with Crippen LogP contribution in [-0.4, -0.2) is 50.0 Å². The third kappa shape index (κ3) is 3.43. The molecule has 2 fully saturated rings. The topological polar surface area (TPSA) is 38.7 Å². The van der Waals surface area contributed by atoms with Crippen LogP contribution in [0.25, 0.3) is 0 Å². The predicted molar refractivity (Wildman–Crippen MR) is 115 cm³/mol. The Hall–Kier alpha value is -2.04. The molecule has 1 unspecified atom stereocenters. The first-order valence-corrected chi connectivity index (χ1v) is 10.7. The number of hydrogen-bond acceptors (Lipinski definition) is 3. The zero-order valence-corrected chi connectivity index (χ0v) is 18.1. The van der Waals surface area contributed by atoms with Crippen molar-refractivity contribution < 1.29 is 19.1 Å². The van der Waals surface area contributed by atoms with Crippen LogP contribution < -0.4 is 9.47 Å². The van der Waals surface area contributed by atoms with E-state index in [-0.39, 0.29) is 0 Å². The number of rotatable bonds is 6. The van der Waals surface area contributed by atoms with Crippen molar-refractivity contribution in [3.8, 4) is 11.5 Å². The number of quaternary nitrogens is 1. The number of piperidine rings is 1. The summed E-state index contributed by atoms with van der Waals surface area (Å²) in [6.07, 6.45) is 5.61. The van der Waals surface area contributed by atoms with Crippen molar-refractivity contribution in [3.05, 3.63) is 59.7 Å². The molecule has 1 N–H and O–H groups in total. The van der Waals surface area contributed by atoms with Crippen molar-refractivity contribution in [1.29, 1.82) is 0 Å². The van der Waals surface area contributed by atoms with Gasteiger partial charge >= 0.3 is 0 Å². The lowest BCUT2D eigenvalue weighted by atomic mass is 9.74.